The number of hydrogen-bond acceptors (Lipinski definition) is 7. The molecular weight excluding hydrogens is 428 g/mol. The Morgan fingerprint density at radius 3 is 2.68 bits per heavy atom. The van der Waals surface area contributed by atoms with Crippen LogP contribution in [0.2, 0.25) is 0 Å². The average Bonchev–Trinajstić information content (AvgIpc) is 3.28. The highest BCUT2D eigenvalue weighted by molar-refractivity contribution is 7.99. The molecule has 1 aromatic carbocycles. The van der Waals surface area contributed by atoms with Crippen molar-refractivity contribution in [1.82, 2.24) is 24.8 Å². The molecule has 0 aliphatic rings. The Labute approximate surface area is 189 Å². The van der Waals surface area contributed by atoms with Gasteiger partial charge in [-0.3, -0.25) is 9.20 Å². The molecule has 0 aliphatic carbocycles. The number of nitrogens with one attached hydrogen (secondary N) is 1. The zero-order valence-corrected chi connectivity index (χ0v) is 20.0. The van der Waals surface area contributed by atoms with Crippen molar-refractivity contribution in [3.63, 3.8) is 0 Å². The normalized spacial score (nSPS) is 11.7. The first-order chi connectivity index (χ1) is 14.8. The molecule has 0 saturated carbocycles. The van der Waals surface area contributed by atoms with Crippen LogP contribution in [-0.2, 0) is 11.2 Å². The lowest BCUT2D eigenvalue weighted by atomic mass is 10.0. The van der Waals surface area contributed by atoms with Gasteiger partial charge in [0.25, 0.3) is 0 Å². The van der Waals surface area contributed by atoms with Gasteiger partial charge < -0.3 is 5.32 Å². The fourth-order valence-corrected chi connectivity index (χ4v) is 5.51. The van der Waals surface area contributed by atoms with Crippen LogP contribution in [0.25, 0.3) is 16.6 Å². The summed E-state index contributed by atoms with van der Waals surface area (Å²) in [6, 6.07) is 6.45. The van der Waals surface area contributed by atoms with Crippen molar-refractivity contribution in [3.8, 4) is 0 Å². The van der Waals surface area contributed by atoms with E-state index in [0.717, 1.165) is 27.7 Å². The Morgan fingerprint density at radius 1 is 1.10 bits per heavy atom. The molecule has 7 nitrogen and oxygen atoms in total. The third-order valence-electron chi connectivity index (χ3n) is 4.95. The van der Waals surface area contributed by atoms with Gasteiger partial charge in [0.15, 0.2) is 10.8 Å². The summed E-state index contributed by atoms with van der Waals surface area (Å²) in [6.07, 6.45) is 1.23. The van der Waals surface area contributed by atoms with E-state index in [1.807, 2.05) is 0 Å². The summed E-state index contributed by atoms with van der Waals surface area (Å²) >= 11 is 2.98. The molecule has 0 unspecified atom stereocenters. The van der Waals surface area contributed by atoms with E-state index in [1.54, 1.807) is 0 Å². The molecule has 0 radical (unpaired) electrons. The smallest absolute Gasteiger partial charge is 0.227 e. The van der Waals surface area contributed by atoms with E-state index in [1.165, 1.54) is 45.2 Å². The summed E-state index contributed by atoms with van der Waals surface area (Å²) < 4.78 is 2.10. The minimum atomic E-state index is -0.0684. The van der Waals surface area contributed by atoms with Crippen molar-refractivity contribution in [3.05, 3.63) is 39.9 Å². The number of pyridine rings is 1. The van der Waals surface area contributed by atoms with E-state index in [4.69, 9.17) is 0 Å². The molecule has 0 saturated heterocycles. The van der Waals surface area contributed by atoms with Gasteiger partial charge in [0.1, 0.15) is 5.01 Å². The minimum absolute atomic E-state index is 0.0684. The fourth-order valence-electron chi connectivity index (χ4n) is 3.66. The van der Waals surface area contributed by atoms with Gasteiger partial charge in [0.05, 0.1) is 5.52 Å². The zero-order valence-electron chi connectivity index (χ0n) is 18.4. The Bertz CT molecular complexity index is 1260. The quantitative estimate of drug-likeness (QED) is 0.397. The van der Waals surface area contributed by atoms with E-state index in [2.05, 4.69) is 82.9 Å². The zero-order chi connectivity index (χ0) is 22.1. The van der Waals surface area contributed by atoms with E-state index >= 15 is 0 Å². The van der Waals surface area contributed by atoms with Gasteiger partial charge in [-0.15, -0.1) is 20.4 Å². The molecule has 4 rings (SSSR count). The van der Waals surface area contributed by atoms with Gasteiger partial charge in [-0.2, -0.15) is 0 Å². The topological polar surface area (TPSA) is 85.1 Å². The first kappa shape index (κ1) is 21.7. The molecule has 0 aliphatic heterocycles. The predicted molar refractivity (Wildman–Crippen MR) is 127 cm³/mol. The maximum atomic E-state index is 12.4. The third-order valence-corrected chi connectivity index (χ3v) is 6.75. The van der Waals surface area contributed by atoms with Gasteiger partial charge >= 0.3 is 0 Å². The highest BCUT2D eigenvalue weighted by Gasteiger charge is 2.15. The standard InChI is InChI=1S/C22H26N6OS2/c1-12(2)8-19-25-26-21(31-19)23-18(29)6-7-30-22-27-24-17-11-14(4)16-10-13(3)9-15(5)20(16)28(17)22/h9-12H,6-8H2,1-5H3,(H,23,26,29). The monoisotopic (exact) mass is 454 g/mol. The van der Waals surface area contributed by atoms with Crippen LogP contribution in [0, 0.1) is 26.7 Å². The summed E-state index contributed by atoms with van der Waals surface area (Å²) in [6.45, 7) is 10.6. The Morgan fingerprint density at radius 2 is 1.90 bits per heavy atom. The number of carbonyl (C=O) groups excluding carboxylic acids is 1. The van der Waals surface area contributed by atoms with Crippen molar-refractivity contribution in [2.45, 2.75) is 52.6 Å². The lowest BCUT2D eigenvalue weighted by Gasteiger charge is -2.11. The number of nitrogens with zero attached hydrogens (tertiary/aromatic N) is 5. The molecule has 31 heavy (non-hydrogen) atoms. The molecule has 9 heteroatoms. The molecule has 0 spiro atoms. The number of rotatable bonds is 7. The second-order valence-corrected chi connectivity index (χ2v) is 10.4. The Hall–Kier alpha value is -2.52. The van der Waals surface area contributed by atoms with Crippen LogP contribution in [0.15, 0.2) is 23.4 Å². The van der Waals surface area contributed by atoms with Crippen molar-refractivity contribution < 1.29 is 4.79 Å². The van der Waals surface area contributed by atoms with Crippen LogP contribution in [0.4, 0.5) is 5.13 Å². The highest BCUT2D eigenvalue weighted by Crippen LogP contribution is 2.29. The summed E-state index contributed by atoms with van der Waals surface area (Å²) in [5.74, 6) is 1.05. The first-order valence-electron chi connectivity index (χ1n) is 10.3. The van der Waals surface area contributed by atoms with E-state index in [0.29, 0.717) is 23.2 Å². The minimum Gasteiger partial charge on any atom is -0.301 e. The van der Waals surface area contributed by atoms with Gasteiger partial charge in [0.2, 0.25) is 11.0 Å². The number of hydrogen-bond donors (Lipinski definition) is 1. The Kier molecular flexibility index (Phi) is 6.24. The molecule has 1 amide bonds. The van der Waals surface area contributed by atoms with Crippen LogP contribution in [0.3, 0.4) is 0 Å². The molecule has 3 heterocycles. The third kappa shape index (κ3) is 4.72. The van der Waals surface area contributed by atoms with Crippen molar-refractivity contribution in [1.29, 1.82) is 0 Å². The maximum Gasteiger partial charge on any atom is 0.227 e. The van der Waals surface area contributed by atoms with Crippen LogP contribution in [0.1, 0.15) is 42.0 Å². The molecule has 4 aromatic rings. The first-order valence-corrected chi connectivity index (χ1v) is 12.1. The van der Waals surface area contributed by atoms with Gasteiger partial charge in [0, 0.05) is 24.0 Å². The average molecular weight is 455 g/mol. The fraction of sp³-hybridized carbons (Fsp3) is 0.409. The SMILES string of the molecule is Cc1cc(C)c2c(c1)c(C)cc1nnc(SCCC(=O)Nc3nnc(CC(C)C)s3)n12. The van der Waals surface area contributed by atoms with E-state index in [9.17, 15) is 4.79 Å². The molecular formula is C22H26N6OS2. The number of anilines is 1. The van der Waals surface area contributed by atoms with Gasteiger partial charge in [-0.05, 0) is 49.9 Å². The summed E-state index contributed by atoms with van der Waals surface area (Å²) in [5.41, 5.74) is 5.57. The molecule has 0 atom stereocenters. The molecule has 0 fully saturated rings. The number of benzene rings is 1. The van der Waals surface area contributed by atoms with Crippen LogP contribution in [-0.4, -0.2) is 36.5 Å². The maximum absolute atomic E-state index is 12.4. The number of amides is 1. The second kappa shape index (κ2) is 8.92. The Balaban J connectivity index is 1.46. The van der Waals surface area contributed by atoms with Crippen molar-refractivity contribution in [2.75, 3.05) is 11.1 Å². The van der Waals surface area contributed by atoms with E-state index < -0.39 is 0 Å². The van der Waals surface area contributed by atoms with Crippen molar-refractivity contribution in [2.24, 2.45) is 5.92 Å². The van der Waals surface area contributed by atoms with Gasteiger partial charge in [-0.25, -0.2) is 0 Å². The molecule has 162 valence electrons. The summed E-state index contributed by atoms with van der Waals surface area (Å²) in [7, 11) is 0. The van der Waals surface area contributed by atoms with Crippen molar-refractivity contribution >= 4 is 50.7 Å². The highest BCUT2D eigenvalue weighted by atomic mass is 32.2. The van der Waals surface area contributed by atoms with E-state index in [-0.39, 0.29) is 5.91 Å². The van der Waals surface area contributed by atoms with Crippen LogP contribution in [0.5, 0.6) is 0 Å². The number of thioether (sulfide) groups is 1. The predicted octanol–water partition coefficient (Wildman–Crippen LogP) is 4.98. The lowest BCUT2D eigenvalue weighted by molar-refractivity contribution is -0.115. The molecule has 3 aromatic heterocycles. The summed E-state index contributed by atoms with van der Waals surface area (Å²) in [4.78, 5) is 12.4. The number of fused-ring (bicyclic) bond motifs is 3. The largest absolute Gasteiger partial charge is 0.301 e. The number of carbonyl (C=O) groups is 1. The summed E-state index contributed by atoms with van der Waals surface area (Å²) in [5, 5.41) is 23.3. The second-order valence-electron chi connectivity index (χ2n) is 8.23. The van der Waals surface area contributed by atoms with Crippen LogP contribution >= 0.6 is 23.1 Å². The van der Waals surface area contributed by atoms with Crippen LogP contribution < -0.4 is 5.32 Å². The molecule has 0 bridgehead atoms. The number of aromatic nitrogens is 5. The number of aryl methyl sites for hydroxylation is 3. The lowest BCUT2D eigenvalue weighted by Crippen LogP contribution is -2.12. The van der Waals surface area contributed by atoms with Gasteiger partial charge in [-0.1, -0.05) is 48.6 Å². The molecule has 1 N–H and O–H groups in total.